The zero-order chi connectivity index (χ0) is 27.3. The molecular weight excluding hydrogens is 557 g/mol. The van der Waals surface area contributed by atoms with Crippen LogP contribution in [0.25, 0.3) is 0 Å². The maximum atomic E-state index is 13.8. The third-order valence-corrected chi connectivity index (χ3v) is 8.28. The highest BCUT2D eigenvalue weighted by atomic mass is 35.5. The number of nitrogens with one attached hydrogen (secondary N) is 1. The number of nitrogens with zero attached hydrogens (tertiary/aromatic N) is 2. The smallest absolute Gasteiger partial charge is 0.264 e. The first-order valence-electron chi connectivity index (χ1n) is 11.2. The molecule has 196 valence electrons. The zero-order valence-electron chi connectivity index (χ0n) is 20.4. The fourth-order valence-electron chi connectivity index (χ4n) is 3.65. The van der Waals surface area contributed by atoms with E-state index in [1.165, 1.54) is 42.3 Å². The number of hydrogen-bond donors (Lipinski definition) is 1. The van der Waals surface area contributed by atoms with Crippen molar-refractivity contribution in [2.45, 2.75) is 31.3 Å². The molecule has 0 aliphatic rings. The van der Waals surface area contributed by atoms with Crippen molar-refractivity contribution >= 4 is 62.3 Å². The number of aryl methyl sites for hydroxylation is 1. The Morgan fingerprint density at radius 3 is 2.22 bits per heavy atom. The molecule has 0 radical (unpaired) electrons. The van der Waals surface area contributed by atoms with Gasteiger partial charge in [0.1, 0.15) is 12.6 Å². The van der Waals surface area contributed by atoms with Crippen LogP contribution in [0.15, 0.2) is 71.6 Å². The lowest BCUT2D eigenvalue weighted by molar-refractivity contribution is -0.139. The molecule has 0 fully saturated rings. The number of sulfonamides is 1. The molecule has 7 nitrogen and oxygen atoms in total. The van der Waals surface area contributed by atoms with E-state index in [4.69, 9.17) is 34.8 Å². The van der Waals surface area contributed by atoms with E-state index in [-0.39, 0.29) is 27.2 Å². The number of halogens is 3. The van der Waals surface area contributed by atoms with Crippen LogP contribution in [0.1, 0.15) is 18.1 Å². The monoisotopic (exact) mass is 581 g/mol. The summed E-state index contributed by atoms with van der Waals surface area (Å²) < 4.78 is 28.5. The summed E-state index contributed by atoms with van der Waals surface area (Å²) in [6.07, 6.45) is 0. The Morgan fingerprint density at radius 1 is 0.946 bits per heavy atom. The molecule has 0 saturated heterocycles. The molecule has 11 heteroatoms. The van der Waals surface area contributed by atoms with E-state index in [1.807, 2.05) is 6.92 Å². The first kappa shape index (κ1) is 28.8. The van der Waals surface area contributed by atoms with E-state index < -0.39 is 34.4 Å². The topological polar surface area (TPSA) is 86.8 Å². The molecule has 0 bridgehead atoms. The highest BCUT2D eigenvalue weighted by molar-refractivity contribution is 7.92. The molecule has 0 heterocycles. The quantitative estimate of drug-likeness (QED) is 0.370. The van der Waals surface area contributed by atoms with Gasteiger partial charge in [0.25, 0.3) is 10.0 Å². The summed E-state index contributed by atoms with van der Waals surface area (Å²) in [7, 11) is -2.79. The van der Waals surface area contributed by atoms with Crippen LogP contribution in [-0.2, 0) is 26.2 Å². The van der Waals surface area contributed by atoms with Gasteiger partial charge in [-0.15, -0.1) is 0 Å². The molecule has 2 amide bonds. The summed E-state index contributed by atoms with van der Waals surface area (Å²) in [6.45, 7) is 2.79. The fourth-order valence-corrected chi connectivity index (χ4v) is 5.73. The predicted molar refractivity (Wildman–Crippen MR) is 148 cm³/mol. The van der Waals surface area contributed by atoms with Crippen molar-refractivity contribution < 1.29 is 18.0 Å². The SMILES string of the molecule is CNC(=O)C(C)N(Cc1cccc(Cl)c1)C(=O)CN(c1cc(Cl)ccc1Cl)S(=O)(=O)c1ccc(C)cc1. The van der Waals surface area contributed by atoms with Gasteiger partial charge in [0.2, 0.25) is 11.8 Å². The van der Waals surface area contributed by atoms with Crippen molar-refractivity contribution in [2.75, 3.05) is 17.9 Å². The van der Waals surface area contributed by atoms with Crippen LogP contribution in [0, 0.1) is 6.92 Å². The summed E-state index contributed by atoms with van der Waals surface area (Å²) >= 11 is 18.7. The molecule has 0 aliphatic heterocycles. The Bertz CT molecular complexity index is 1400. The van der Waals surface area contributed by atoms with Crippen LogP contribution in [0.5, 0.6) is 0 Å². The van der Waals surface area contributed by atoms with Gasteiger partial charge in [0, 0.05) is 23.6 Å². The van der Waals surface area contributed by atoms with E-state index in [0.717, 1.165) is 9.87 Å². The molecule has 0 spiro atoms. The Hall–Kier alpha value is -2.78. The number of benzene rings is 3. The van der Waals surface area contributed by atoms with Crippen molar-refractivity contribution in [2.24, 2.45) is 0 Å². The normalized spacial score (nSPS) is 12.1. The molecule has 0 saturated carbocycles. The van der Waals surface area contributed by atoms with Gasteiger partial charge in [0.05, 0.1) is 15.6 Å². The summed E-state index contributed by atoms with van der Waals surface area (Å²) in [4.78, 5) is 27.5. The van der Waals surface area contributed by atoms with Crippen molar-refractivity contribution in [1.29, 1.82) is 0 Å². The first-order valence-corrected chi connectivity index (χ1v) is 13.8. The molecule has 0 aromatic heterocycles. The lowest BCUT2D eigenvalue weighted by Gasteiger charge is -2.32. The van der Waals surface area contributed by atoms with Gasteiger partial charge >= 0.3 is 0 Å². The van der Waals surface area contributed by atoms with Gasteiger partial charge in [-0.3, -0.25) is 13.9 Å². The van der Waals surface area contributed by atoms with E-state index in [2.05, 4.69) is 5.32 Å². The van der Waals surface area contributed by atoms with Crippen molar-refractivity contribution in [3.8, 4) is 0 Å². The molecule has 3 aromatic carbocycles. The minimum atomic E-state index is -4.25. The Morgan fingerprint density at radius 2 is 1.59 bits per heavy atom. The molecule has 1 N–H and O–H groups in total. The van der Waals surface area contributed by atoms with E-state index in [9.17, 15) is 18.0 Å². The number of rotatable bonds is 9. The molecule has 37 heavy (non-hydrogen) atoms. The average molecular weight is 583 g/mol. The van der Waals surface area contributed by atoms with Crippen molar-refractivity contribution in [3.63, 3.8) is 0 Å². The zero-order valence-corrected chi connectivity index (χ0v) is 23.5. The largest absolute Gasteiger partial charge is 0.357 e. The highest BCUT2D eigenvalue weighted by Gasteiger charge is 2.33. The number of amides is 2. The van der Waals surface area contributed by atoms with E-state index in [1.54, 1.807) is 43.3 Å². The van der Waals surface area contributed by atoms with Gasteiger partial charge in [-0.25, -0.2) is 8.42 Å². The van der Waals surface area contributed by atoms with Crippen molar-refractivity contribution in [1.82, 2.24) is 10.2 Å². The van der Waals surface area contributed by atoms with Gasteiger partial charge in [-0.1, -0.05) is 64.6 Å². The van der Waals surface area contributed by atoms with Gasteiger partial charge in [-0.2, -0.15) is 0 Å². The fraction of sp³-hybridized carbons (Fsp3) is 0.231. The van der Waals surface area contributed by atoms with Crippen molar-refractivity contribution in [3.05, 3.63) is 92.9 Å². The molecule has 3 aromatic rings. The lowest BCUT2D eigenvalue weighted by atomic mass is 10.1. The maximum absolute atomic E-state index is 13.8. The van der Waals surface area contributed by atoms with Gasteiger partial charge < -0.3 is 10.2 Å². The molecule has 1 unspecified atom stereocenters. The molecule has 1 atom stereocenters. The standard InChI is InChI=1S/C26H26Cl3N3O4S/c1-17-7-10-22(11-8-17)37(35,36)32(24-14-21(28)9-12-23(24)29)16-25(33)31(18(2)26(34)30-3)15-19-5-4-6-20(27)13-19/h4-14,18H,15-16H2,1-3H3,(H,30,34). The van der Waals surface area contributed by atoms with Crippen LogP contribution < -0.4 is 9.62 Å². The number of hydrogen-bond acceptors (Lipinski definition) is 4. The van der Waals surface area contributed by atoms with E-state index >= 15 is 0 Å². The molecular formula is C26H26Cl3N3O4S. The average Bonchev–Trinajstić information content (AvgIpc) is 2.86. The Kier molecular flexibility index (Phi) is 9.47. The number of carbonyl (C=O) groups is 2. The van der Waals surface area contributed by atoms with Crippen LogP contribution >= 0.6 is 34.8 Å². The Balaban J connectivity index is 2.08. The summed E-state index contributed by atoms with van der Waals surface area (Å²) in [6, 6.07) is 16.5. The van der Waals surface area contributed by atoms with Crippen LogP contribution in [0.3, 0.4) is 0 Å². The third kappa shape index (κ3) is 6.96. The minimum Gasteiger partial charge on any atom is -0.357 e. The number of likely N-dealkylation sites (N-methyl/N-ethyl adjacent to an activating group) is 1. The first-order chi connectivity index (χ1) is 17.4. The molecule has 3 rings (SSSR count). The molecule has 0 aliphatic carbocycles. The third-order valence-electron chi connectivity index (χ3n) is 5.72. The lowest BCUT2D eigenvalue weighted by Crippen LogP contribution is -2.50. The predicted octanol–water partition coefficient (Wildman–Crippen LogP) is 5.31. The van der Waals surface area contributed by atoms with Gasteiger partial charge in [0.15, 0.2) is 0 Å². The number of anilines is 1. The Labute approximate surface area is 232 Å². The van der Waals surface area contributed by atoms with Gasteiger partial charge in [-0.05, 0) is 61.9 Å². The minimum absolute atomic E-state index is 0.0235. The summed E-state index contributed by atoms with van der Waals surface area (Å²) in [5.74, 6) is -1.04. The van der Waals surface area contributed by atoms with E-state index in [0.29, 0.717) is 10.6 Å². The summed E-state index contributed by atoms with van der Waals surface area (Å²) in [5, 5.41) is 3.33. The second kappa shape index (κ2) is 12.2. The second-order valence-corrected chi connectivity index (χ2v) is 11.5. The summed E-state index contributed by atoms with van der Waals surface area (Å²) in [5.41, 5.74) is 1.58. The number of carbonyl (C=O) groups excluding carboxylic acids is 2. The van der Waals surface area contributed by atoms with Crippen LogP contribution in [0.2, 0.25) is 15.1 Å². The van der Waals surface area contributed by atoms with Crippen LogP contribution in [-0.4, -0.2) is 44.8 Å². The highest BCUT2D eigenvalue weighted by Crippen LogP contribution is 2.33. The second-order valence-electron chi connectivity index (χ2n) is 8.36. The van der Waals surface area contributed by atoms with Crippen LogP contribution in [0.4, 0.5) is 5.69 Å². The maximum Gasteiger partial charge on any atom is 0.264 e.